The van der Waals surface area contributed by atoms with Crippen LogP contribution in [0.25, 0.3) is 0 Å². The molecule has 25 heavy (non-hydrogen) atoms. The fraction of sp³-hybridized carbons (Fsp3) is 0.333. The fourth-order valence-corrected chi connectivity index (χ4v) is 1.94. The van der Waals surface area contributed by atoms with Crippen molar-refractivity contribution in [3.63, 3.8) is 0 Å². The molecule has 2 aromatic rings. The molecule has 2 rings (SSSR count). The molecule has 1 radical (unpaired) electrons. The summed E-state index contributed by atoms with van der Waals surface area (Å²) in [5.41, 5.74) is 0. The predicted octanol–water partition coefficient (Wildman–Crippen LogP) is 4.53. The highest BCUT2D eigenvalue weighted by molar-refractivity contribution is 6.21. The van der Waals surface area contributed by atoms with Gasteiger partial charge in [0.1, 0.15) is 23.1 Å². The maximum atomic E-state index is 13.4. The molecule has 0 aromatic heterocycles. The molecule has 2 aromatic carbocycles. The van der Waals surface area contributed by atoms with Crippen LogP contribution in [-0.2, 0) is 0 Å². The zero-order chi connectivity index (χ0) is 18.1. The Kier molecular flexibility index (Phi) is 7.38. The monoisotopic (exact) mass is 349 g/mol. The SMILES string of the molecule is CCCOc1ccc(F)cc1O[B]Oc1cc(F)ccc1OCCC. The molecule has 0 spiro atoms. The van der Waals surface area contributed by atoms with Crippen LogP contribution in [0.4, 0.5) is 8.78 Å². The zero-order valence-corrected chi connectivity index (χ0v) is 14.3. The first-order chi connectivity index (χ1) is 12.1. The molecule has 0 saturated heterocycles. The van der Waals surface area contributed by atoms with Crippen molar-refractivity contribution in [1.82, 2.24) is 0 Å². The minimum Gasteiger partial charge on any atom is -0.524 e. The summed E-state index contributed by atoms with van der Waals surface area (Å²) in [6, 6.07) is 7.89. The van der Waals surface area contributed by atoms with E-state index in [-0.39, 0.29) is 11.5 Å². The summed E-state index contributed by atoms with van der Waals surface area (Å²) in [6.45, 7) is 4.87. The van der Waals surface area contributed by atoms with Crippen molar-refractivity contribution in [3.05, 3.63) is 48.0 Å². The zero-order valence-electron chi connectivity index (χ0n) is 14.3. The molecule has 4 nitrogen and oxygen atoms in total. The number of halogens is 2. The first-order valence-electron chi connectivity index (χ1n) is 8.13. The molecule has 0 aliphatic carbocycles. The number of rotatable bonds is 10. The predicted molar refractivity (Wildman–Crippen MR) is 91.4 cm³/mol. The standard InChI is InChI=1S/C18H20BF2O4/c1-3-9-22-15-7-5-13(20)11-17(15)24-19-25-18-12-14(21)6-8-16(18)23-10-4-2/h5-8,11-12H,3-4,9-10H2,1-2H3. The molecule has 0 saturated carbocycles. The highest BCUT2D eigenvalue weighted by Crippen LogP contribution is 2.30. The number of benzene rings is 2. The van der Waals surface area contributed by atoms with Crippen molar-refractivity contribution in [2.75, 3.05) is 13.2 Å². The van der Waals surface area contributed by atoms with Crippen LogP contribution in [0.5, 0.6) is 23.0 Å². The largest absolute Gasteiger partial charge is 0.658 e. The Morgan fingerprint density at radius 3 is 1.56 bits per heavy atom. The molecule has 0 bridgehead atoms. The van der Waals surface area contributed by atoms with Crippen molar-refractivity contribution in [2.45, 2.75) is 26.7 Å². The van der Waals surface area contributed by atoms with Gasteiger partial charge in [0.15, 0.2) is 11.5 Å². The number of hydrogen-bond donors (Lipinski definition) is 0. The molecule has 0 N–H and O–H groups in total. The van der Waals surface area contributed by atoms with Crippen molar-refractivity contribution < 1.29 is 27.6 Å². The molecule has 0 atom stereocenters. The lowest BCUT2D eigenvalue weighted by molar-refractivity contribution is 0.297. The third-order valence-electron chi connectivity index (χ3n) is 3.09. The molecule has 133 valence electrons. The van der Waals surface area contributed by atoms with Crippen LogP contribution >= 0.6 is 0 Å². The van der Waals surface area contributed by atoms with Crippen LogP contribution in [-0.4, -0.2) is 20.9 Å². The Labute approximate surface area is 147 Å². The molecule has 7 heteroatoms. The van der Waals surface area contributed by atoms with Gasteiger partial charge in [0, 0.05) is 12.1 Å². The van der Waals surface area contributed by atoms with Gasteiger partial charge in [-0.25, -0.2) is 8.78 Å². The second-order valence-electron chi connectivity index (χ2n) is 5.21. The smallest absolute Gasteiger partial charge is 0.524 e. The van der Waals surface area contributed by atoms with Crippen molar-refractivity contribution in [3.8, 4) is 23.0 Å². The van der Waals surface area contributed by atoms with Crippen LogP contribution in [0.15, 0.2) is 36.4 Å². The highest BCUT2D eigenvalue weighted by Gasteiger charge is 2.13. The maximum Gasteiger partial charge on any atom is 0.658 e. The van der Waals surface area contributed by atoms with Gasteiger partial charge in [-0.15, -0.1) is 0 Å². The van der Waals surface area contributed by atoms with Gasteiger partial charge in [0.05, 0.1) is 13.2 Å². The van der Waals surface area contributed by atoms with Gasteiger partial charge in [-0.05, 0) is 37.1 Å². The topological polar surface area (TPSA) is 36.9 Å². The summed E-state index contributed by atoms with van der Waals surface area (Å²) < 4.78 is 48.5. The summed E-state index contributed by atoms with van der Waals surface area (Å²) in [6.07, 6.45) is 1.61. The van der Waals surface area contributed by atoms with E-state index < -0.39 is 11.6 Å². The van der Waals surface area contributed by atoms with Crippen LogP contribution in [0.3, 0.4) is 0 Å². The van der Waals surface area contributed by atoms with E-state index in [1.807, 2.05) is 13.8 Å². The first-order valence-corrected chi connectivity index (χ1v) is 8.13. The number of ether oxygens (including phenoxy) is 2. The van der Waals surface area contributed by atoms with Gasteiger partial charge < -0.3 is 18.8 Å². The summed E-state index contributed by atoms with van der Waals surface area (Å²) in [4.78, 5) is 0. The quantitative estimate of drug-likeness (QED) is 0.591. The van der Waals surface area contributed by atoms with Gasteiger partial charge >= 0.3 is 7.69 Å². The molecule has 0 fully saturated rings. The third-order valence-corrected chi connectivity index (χ3v) is 3.09. The van der Waals surface area contributed by atoms with Gasteiger partial charge in [-0.3, -0.25) is 0 Å². The molecule has 0 amide bonds. The van der Waals surface area contributed by atoms with E-state index in [0.29, 0.717) is 24.7 Å². The van der Waals surface area contributed by atoms with Crippen LogP contribution in [0, 0.1) is 11.6 Å². The Bertz CT molecular complexity index is 625. The Balaban J connectivity index is 2.03. The summed E-state index contributed by atoms with van der Waals surface area (Å²) >= 11 is 0. The van der Waals surface area contributed by atoms with Gasteiger partial charge in [0.25, 0.3) is 0 Å². The fourth-order valence-electron chi connectivity index (χ4n) is 1.94. The van der Waals surface area contributed by atoms with Crippen molar-refractivity contribution in [1.29, 1.82) is 0 Å². The summed E-state index contributed by atoms with van der Waals surface area (Å²) in [7, 11) is 0.987. The normalized spacial score (nSPS) is 10.2. The molecular weight excluding hydrogens is 329 g/mol. The van der Waals surface area contributed by atoms with Crippen LogP contribution < -0.4 is 18.8 Å². The lowest BCUT2D eigenvalue weighted by Gasteiger charge is -2.14. The van der Waals surface area contributed by atoms with Gasteiger partial charge in [-0.2, -0.15) is 0 Å². The minimum absolute atomic E-state index is 0.167. The molecule has 0 aliphatic rings. The van der Waals surface area contributed by atoms with E-state index in [1.54, 1.807) is 0 Å². The second-order valence-corrected chi connectivity index (χ2v) is 5.21. The number of hydrogen-bond acceptors (Lipinski definition) is 4. The second kappa shape index (κ2) is 9.76. The minimum atomic E-state index is -0.468. The lowest BCUT2D eigenvalue weighted by atomic mass is 10.2. The maximum absolute atomic E-state index is 13.4. The molecular formula is C18H20BF2O4. The van der Waals surface area contributed by atoms with Crippen LogP contribution in [0.2, 0.25) is 0 Å². The molecule has 0 unspecified atom stereocenters. The highest BCUT2D eigenvalue weighted by atomic mass is 19.1. The van der Waals surface area contributed by atoms with Crippen molar-refractivity contribution >= 4 is 7.69 Å². The molecule has 0 aliphatic heterocycles. The van der Waals surface area contributed by atoms with E-state index in [0.717, 1.165) is 20.5 Å². The Morgan fingerprint density at radius 2 is 1.16 bits per heavy atom. The average molecular weight is 349 g/mol. The van der Waals surface area contributed by atoms with E-state index in [4.69, 9.17) is 18.8 Å². The Morgan fingerprint density at radius 1 is 0.720 bits per heavy atom. The summed E-state index contributed by atoms with van der Waals surface area (Å²) in [5.74, 6) is 0.186. The van der Waals surface area contributed by atoms with Crippen molar-refractivity contribution in [2.24, 2.45) is 0 Å². The van der Waals surface area contributed by atoms with Crippen LogP contribution in [0.1, 0.15) is 26.7 Å². The average Bonchev–Trinajstić information content (AvgIpc) is 2.60. The van der Waals surface area contributed by atoms with E-state index >= 15 is 0 Å². The van der Waals surface area contributed by atoms with E-state index in [9.17, 15) is 8.78 Å². The van der Waals surface area contributed by atoms with E-state index in [2.05, 4.69) is 0 Å². The van der Waals surface area contributed by atoms with E-state index in [1.165, 1.54) is 36.4 Å². The molecule has 0 heterocycles. The third kappa shape index (κ3) is 5.85. The van der Waals surface area contributed by atoms with Gasteiger partial charge in [-0.1, -0.05) is 13.8 Å². The van der Waals surface area contributed by atoms with Gasteiger partial charge in [0.2, 0.25) is 0 Å². The first kappa shape index (κ1) is 18.9. The summed E-state index contributed by atoms with van der Waals surface area (Å²) in [5, 5.41) is 0. The Hall–Kier alpha value is -2.44. The lowest BCUT2D eigenvalue weighted by Crippen LogP contribution is -2.13.